The first-order valence-electron chi connectivity index (χ1n) is 8.80. The zero-order valence-electron chi connectivity index (χ0n) is 15.4. The molecule has 25 heavy (non-hydrogen) atoms. The molecule has 2 rings (SSSR count). The van der Waals surface area contributed by atoms with Gasteiger partial charge in [0.15, 0.2) is 0 Å². The monoisotopic (exact) mass is 364 g/mol. The number of ether oxygens (including phenoxy) is 1. The Morgan fingerprint density at radius 1 is 1.08 bits per heavy atom. The van der Waals surface area contributed by atoms with Gasteiger partial charge in [0.05, 0.1) is 12.9 Å². The van der Waals surface area contributed by atoms with E-state index in [4.69, 9.17) is 4.74 Å². The lowest BCUT2D eigenvalue weighted by Crippen LogP contribution is -2.51. The van der Waals surface area contributed by atoms with Crippen LogP contribution in [0.5, 0.6) is 5.75 Å². The lowest BCUT2D eigenvalue weighted by atomic mass is 10.1. The van der Waals surface area contributed by atoms with Crippen LogP contribution in [0.25, 0.3) is 0 Å². The minimum absolute atomic E-state index is 0.0149. The molecule has 0 unspecified atom stereocenters. The van der Waals surface area contributed by atoms with E-state index in [0.29, 0.717) is 43.4 Å². The van der Waals surface area contributed by atoms with Crippen molar-refractivity contribution < 1.29 is 14.3 Å². The Hall–Kier alpha value is -1.69. The van der Waals surface area contributed by atoms with Gasteiger partial charge >= 0.3 is 0 Å². The van der Waals surface area contributed by atoms with E-state index >= 15 is 0 Å². The van der Waals surface area contributed by atoms with Crippen LogP contribution in [0.4, 0.5) is 0 Å². The van der Waals surface area contributed by atoms with Gasteiger partial charge < -0.3 is 14.5 Å². The highest BCUT2D eigenvalue weighted by Gasteiger charge is 2.24. The Kier molecular flexibility index (Phi) is 7.62. The van der Waals surface area contributed by atoms with E-state index in [1.807, 2.05) is 9.80 Å². The molecule has 5 nitrogen and oxygen atoms in total. The maximum Gasteiger partial charge on any atom is 0.253 e. The number of thioether (sulfide) groups is 1. The summed E-state index contributed by atoms with van der Waals surface area (Å²) in [7, 11) is 1.61. The molecule has 138 valence electrons. The second kappa shape index (κ2) is 9.70. The lowest BCUT2D eigenvalue weighted by Gasteiger charge is -2.34. The van der Waals surface area contributed by atoms with Crippen LogP contribution in [-0.2, 0) is 4.79 Å². The molecule has 0 N–H and O–H groups in total. The Balaban J connectivity index is 1.76. The molecule has 0 aromatic heterocycles. The molecule has 0 aliphatic carbocycles. The number of hydrogen-bond acceptors (Lipinski definition) is 4. The summed E-state index contributed by atoms with van der Waals surface area (Å²) in [6.45, 7) is 6.81. The fraction of sp³-hybridized carbons (Fsp3) is 0.579. The average molecular weight is 365 g/mol. The number of piperazine rings is 1. The molecule has 0 spiro atoms. The Bertz CT molecular complexity index is 567. The van der Waals surface area contributed by atoms with Gasteiger partial charge in [0.2, 0.25) is 5.91 Å². The fourth-order valence-electron chi connectivity index (χ4n) is 2.64. The maximum absolute atomic E-state index is 12.5. The van der Waals surface area contributed by atoms with Crippen LogP contribution >= 0.6 is 11.8 Å². The molecule has 6 heteroatoms. The number of rotatable bonds is 7. The van der Waals surface area contributed by atoms with Crippen LogP contribution in [-0.4, -0.2) is 66.4 Å². The van der Waals surface area contributed by atoms with Crippen LogP contribution in [0, 0.1) is 5.92 Å². The molecule has 0 radical (unpaired) electrons. The lowest BCUT2D eigenvalue weighted by molar-refractivity contribution is -0.129. The molecule has 1 aliphatic rings. The van der Waals surface area contributed by atoms with Gasteiger partial charge in [0.25, 0.3) is 5.91 Å². The molecule has 1 heterocycles. The third kappa shape index (κ3) is 5.96. The summed E-state index contributed by atoms with van der Waals surface area (Å²) >= 11 is 1.71. The first-order chi connectivity index (χ1) is 12.0. The molecule has 0 bridgehead atoms. The quantitative estimate of drug-likeness (QED) is 0.698. The van der Waals surface area contributed by atoms with Crippen molar-refractivity contribution in [2.24, 2.45) is 5.92 Å². The standard InChI is InChI=1S/C19H28N2O3S/c1-15(2)8-13-25-14-18(22)20-9-11-21(12-10-20)19(23)16-4-6-17(24-3)7-5-16/h4-7,15H,8-14H2,1-3H3. The maximum atomic E-state index is 12.5. The van der Waals surface area contributed by atoms with Gasteiger partial charge in [-0.15, -0.1) is 0 Å². The van der Waals surface area contributed by atoms with E-state index < -0.39 is 0 Å². The zero-order chi connectivity index (χ0) is 18.2. The summed E-state index contributed by atoms with van der Waals surface area (Å²) in [5, 5.41) is 0. The molecule has 0 saturated carbocycles. The van der Waals surface area contributed by atoms with Gasteiger partial charge in [-0.05, 0) is 42.4 Å². The van der Waals surface area contributed by atoms with Crippen molar-refractivity contribution in [3.05, 3.63) is 29.8 Å². The van der Waals surface area contributed by atoms with E-state index in [2.05, 4.69) is 13.8 Å². The largest absolute Gasteiger partial charge is 0.497 e. The number of benzene rings is 1. The van der Waals surface area contributed by atoms with Gasteiger partial charge in [-0.25, -0.2) is 0 Å². The Morgan fingerprint density at radius 3 is 2.24 bits per heavy atom. The number of nitrogens with zero attached hydrogens (tertiary/aromatic N) is 2. The zero-order valence-corrected chi connectivity index (χ0v) is 16.2. The molecular weight excluding hydrogens is 336 g/mol. The van der Waals surface area contributed by atoms with Crippen molar-refractivity contribution in [1.82, 2.24) is 9.80 Å². The highest BCUT2D eigenvalue weighted by molar-refractivity contribution is 7.99. The minimum atomic E-state index is 0.0149. The first kappa shape index (κ1) is 19.6. The van der Waals surface area contributed by atoms with E-state index in [-0.39, 0.29) is 11.8 Å². The van der Waals surface area contributed by atoms with Crippen LogP contribution in [0.2, 0.25) is 0 Å². The number of methoxy groups -OCH3 is 1. The van der Waals surface area contributed by atoms with Crippen LogP contribution in [0.3, 0.4) is 0 Å². The van der Waals surface area contributed by atoms with Crippen molar-refractivity contribution in [1.29, 1.82) is 0 Å². The van der Waals surface area contributed by atoms with Crippen molar-refractivity contribution in [2.45, 2.75) is 20.3 Å². The van der Waals surface area contributed by atoms with Crippen LogP contribution in [0.15, 0.2) is 24.3 Å². The van der Waals surface area contributed by atoms with Gasteiger partial charge in [-0.2, -0.15) is 11.8 Å². The molecule has 1 saturated heterocycles. The number of amides is 2. The molecule has 2 amide bonds. The third-order valence-electron chi connectivity index (χ3n) is 4.32. The second-order valence-electron chi connectivity index (χ2n) is 6.64. The molecule has 1 aromatic carbocycles. The Morgan fingerprint density at radius 2 is 1.68 bits per heavy atom. The van der Waals surface area contributed by atoms with Crippen LogP contribution in [0.1, 0.15) is 30.6 Å². The SMILES string of the molecule is COc1ccc(C(=O)N2CCN(C(=O)CSCCC(C)C)CC2)cc1. The molecule has 1 aliphatic heterocycles. The van der Waals surface area contributed by atoms with E-state index in [9.17, 15) is 9.59 Å². The summed E-state index contributed by atoms with van der Waals surface area (Å²) in [4.78, 5) is 28.5. The summed E-state index contributed by atoms with van der Waals surface area (Å²) in [6, 6.07) is 7.15. The van der Waals surface area contributed by atoms with Gasteiger partial charge in [0, 0.05) is 31.7 Å². The second-order valence-corrected chi connectivity index (χ2v) is 7.74. The molecular formula is C19H28N2O3S. The van der Waals surface area contributed by atoms with Crippen molar-refractivity contribution >= 4 is 23.6 Å². The highest BCUT2D eigenvalue weighted by Crippen LogP contribution is 2.15. The molecule has 0 atom stereocenters. The highest BCUT2D eigenvalue weighted by atomic mass is 32.2. The van der Waals surface area contributed by atoms with Gasteiger partial charge in [-0.3, -0.25) is 9.59 Å². The predicted molar refractivity (Wildman–Crippen MR) is 102 cm³/mol. The average Bonchev–Trinajstić information content (AvgIpc) is 2.64. The van der Waals surface area contributed by atoms with Crippen molar-refractivity contribution in [3.63, 3.8) is 0 Å². The number of carbonyl (C=O) groups excluding carboxylic acids is 2. The van der Waals surface area contributed by atoms with E-state index in [0.717, 1.165) is 17.9 Å². The van der Waals surface area contributed by atoms with Gasteiger partial charge in [-0.1, -0.05) is 13.8 Å². The van der Waals surface area contributed by atoms with Crippen molar-refractivity contribution in [3.8, 4) is 5.75 Å². The van der Waals surface area contributed by atoms with E-state index in [1.165, 1.54) is 0 Å². The minimum Gasteiger partial charge on any atom is -0.497 e. The fourth-order valence-corrected chi connectivity index (χ4v) is 3.78. The Labute approximate surface area is 154 Å². The van der Waals surface area contributed by atoms with Crippen LogP contribution < -0.4 is 4.74 Å². The topological polar surface area (TPSA) is 49.9 Å². The number of hydrogen-bond donors (Lipinski definition) is 0. The summed E-state index contributed by atoms with van der Waals surface area (Å²) in [5.41, 5.74) is 0.657. The normalized spacial score (nSPS) is 14.7. The molecule has 1 aromatic rings. The first-order valence-corrected chi connectivity index (χ1v) is 9.95. The van der Waals surface area contributed by atoms with Gasteiger partial charge in [0.1, 0.15) is 5.75 Å². The van der Waals surface area contributed by atoms with E-state index in [1.54, 1.807) is 43.1 Å². The summed E-state index contributed by atoms with van der Waals surface area (Å²) in [5.74, 6) is 3.18. The van der Waals surface area contributed by atoms with Crippen molar-refractivity contribution in [2.75, 3.05) is 44.8 Å². The summed E-state index contributed by atoms with van der Waals surface area (Å²) < 4.78 is 5.12. The smallest absolute Gasteiger partial charge is 0.253 e. The molecule has 1 fully saturated rings. The summed E-state index contributed by atoms with van der Waals surface area (Å²) in [6.07, 6.45) is 1.14. The number of carbonyl (C=O) groups is 2. The third-order valence-corrected chi connectivity index (χ3v) is 5.30. The predicted octanol–water partition coefficient (Wildman–Crippen LogP) is 2.76.